The molecule has 1 fully saturated rings. The third kappa shape index (κ3) is 4.18. The number of carbonyl (C=O) groups excluding carboxylic acids is 1. The highest BCUT2D eigenvalue weighted by Gasteiger charge is 2.33. The van der Waals surface area contributed by atoms with E-state index in [1.54, 1.807) is 0 Å². The summed E-state index contributed by atoms with van der Waals surface area (Å²) in [4.78, 5) is 12.0. The lowest BCUT2D eigenvalue weighted by molar-refractivity contribution is -0.125. The Kier molecular flexibility index (Phi) is 6.34. The first-order valence-corrected chi connectivity index (χ1v) is 7.93. The lowest BCUT2D eigenvalue weighted by atomic mass is 10.0. The number of carbonyl (C=O) groups is 1. The van der Waals surface area contributed by atoms with E-state index in [2.05, 4.69) is 18.5 Å². The van der Waals surface area contributed by atoms with Crippen molar-refractivity contribution in [3.05, 3.63) is 0 Å². The Bertz CT molecular complexity index is 240. The fourth-order valence-corrected chi connectivity index (χ4v) is 3.48. The molecular formula is C13H26N2OS. The van der Waals surface area contributed by atoms with E-state index < -0.39 is 0 Å². The lowest BCUT2D eigenvalue weighted by Crippen LogP contribution is -2.42. The zero-order valence-electron chi connectivity index (χ0n) is 11.1. The van der Waals surface area contributed by atoms with E-state index in [4.69, 9.17) is 5.73 Å². The van der Waals surface area contributed by atoms with Crippen LogP contribution in [0.25, 0.3) is 0 Å². The summed E-state index contributed by atoms with van der Waals surface area (Å²) in [5.41, 5.74) is 5.64. The monoisotopic (exact) mass is 258 g/mol. The Morgan fingerprint density at radius 3 is 2.59 bits per heavy atom. The Morgan fingerprint density at radius 2 is 2.12 bits per heavy atom. The molecule has 17 heavy (non-hydrogen) atoms. The molecule has 1 aliphatic carbocycles. The topological polar surface area (TPSA) is 55.1 Å². The number of rotatable bonds is 7. The van der Waals surface area contributed by atoms with E-state index in [1.165, 1.54) is 25.7 Å². The van der Waals surface area contributed by atoms with Gasteiger partial charge in [0.05, 0.1) is 5.92 Å². The summed E-state index contributed by atoms with van der Waals surface area (Å²) in [5, 5.41) is 3.11. The van der Waals surface area contributed by atoms with Crippen molar-refractivity contribution in [2.24, 2.45) is 11.7 Å². The number of thioether (sulfide) groups is 1. The molecule has 3 nitrogen and oxygen atoms in total. The van der Waals surface area contributed by atoms with E-state index in [0.717, 1.165) is 19.4 Å². The Morgan fingerprint density at radius 1 is 1.47 bits per heavy atom. The maximum atomic E-state index is 12.0. The fourth-order valence-electron chi connectivity index (χ4n) is 2.57. The molecule has 1 atom stereocenters. The maximum Gasteiger partial charge on any atom is 0.224 e. The average Bonchev–Trinajstić information content (AvgIpc) is 2.82. The van der Waals surface area contributed by atoms with Gasteiger partial charge in [0.2, 0.25) is 5.91 Å². The molecule has 1 amide bonds. The van der Waals surface area contributed by atoms with Gasteiger partial charge >= 0.3 is 0 Å². The van der Waals surface area contributed by atoms with Crippen LogP contribution < -0.4 is 11.1 Å². The van der Waals surface area contributed by atoms with Crippen molar-refractivity contribution in [3.63, 3.8) is 0 Å². The van der Waals surface area contributed by atoms with Gasteiger partial charge in [-0.25, -0.2) is 0 Å². The minimum Gasteiger partial charge on any atom is -0.354 e. The van der Waals surface area contributed by atoms with Gasteiger partial charge in [-0.1, -0.05) is 26.2 Å². The number of nitrogens with two attached hydrogens (primary N) is 1. The summed E-state index contributed by atoms with van der Waals surface area (Å²) >= 11 is 1.91. The molecule has 0 radical (unpaired) electrons. The minimum atomic E-state index is 0.000286. The van der Waals surface area contributed by atoms with E-state index in [-0.39, 0.29) is 11.8 Å². The van der Waals surface area contributed by atoms with Gasteiger partial charge in [0, 0.05) is 17.8 Å². The molecule has 0 saturated heterocycles. The molecule has 1 rings (SSSR count). The smallest absolute Gasteiger partial charge is 0.224 e. The van der Waals surface area contributed by atoms with Crippen LogP contribution in [0, 0.1) is 5.92 Å². The summed E-state index contributed by atoms with van der Waals surface area (Å²) in [6, 6.07) is 0. The third-order valence-electron chi connectivity index (χ3n) is 3.83. The van der Waals surface area contributed by atoms with Gasteiger partial charge in [0.1, 0.15) is 0 Å². The third-order valence-corrected chi connectivity index (χ3v) is 5.24. The number of amides is 1. The molecular weight excluding hydrogens is 232 g/mol. The van der Waals surface area contributed by atoms with Crippen LogP contribution in [0.5, 0.6) is 0 Å². The highest BCUT2D eigenvalue weighted by molar-refractivity contribution is 8.00. The van der Waals surface area contributed by atoms with Crippen LogP contribution in [0.2, 0.25) is 0 Å². The average molecular weight is 258 g/mol. The second-order valence-corrected chi connectivity index (χ2v) is 6.31. The molecule has 100 valence electrons. The summed E-state index contributed by atoms with van der Waals surface area (Å²) in [5.74, 6) is 0.148. The summed E-state index contributed by atoms with van der Waals surface area (Å²) in [6.45, 7) is 3.37. The Balaban J connectivity index is 2.40. The van der Waals surface area contributed by atoms with Crippen molar-refractivity contribution in [2.45, 2.75) is 50.2 Å². The van der Waals surface area contributed by atoms with E-state index >= 15 is 0 Å². The molecule has 0 aliphatic heterocycles. The summed E-state index contributed by atoms with van der Waals surface area (Å²) in [7, 11) is 0. The van der Waals surface area contributed by atoms with Crippen molar-refractivity contribution in [1.29, 1.82) is 0 Å². The lowest BCUT2D eigenvalue weighted by Gasteiger charge is -2.28. The first-order chi connectivity index (χ1) is 8.17. The predicted molar refractivity (Wildman–Crippen MR) is 75.2 cm³/mol. The second-order valence-electron chi connectivity index (χ2n) is 5.03. The molecule has 0 aromatic heterocycles. The van der Waals surface area contributed by atoms with Crippen molar-refractivity contribution < 1.29 is 4.79 Å². The fraction of sp³-hybridized carbons (Fsp3) is 0.923. The summed E-state index contributed by atoms with van der Waals surface area (Å²) < 4.78 is 0.293. The van der Waals surface area contributed by atoms with E-state index in [9.17, 15) is 4.79 Å². The standard InChI is InChI=1S/C13H26N2OS/c1-3-6-11(9-14)12(16)15-10-13(17-2)7-4-5-8-13/h11H,3-10,14H2,1-2H3,(H,15,16). The van der Waals surface area contributed by atoms with Crippen molar-refractivity contribution in [1.82, 2.24) is 5.32 Å². The van der Waals surface area contributed by atoms with E-state index in [0.29, 0.717) is 11.3 Å². The highest BCUT2D eigenvalue weighted by Crippen LogP contribution is 2.39. The largest absolute Gasteiger partial charge is 0.354 e. The van der Waals surface area contributed by atoms with Gasteiger partial charge in [-0.15, -0.1) is 0 Å². The molecule has 1 unspecified atom stereocenters. The minimum absolute atomic E-state index is 0.000286. The van der Waals surface area contributed by atoms with Crippen LogP contribution in [0.1, 0.15) is 45.4 Å². The van der Waals surface area contributed by atoms with Gasteiger partial charge in [-0.3, -0.25) is 4.79 Å². The van der Waals surface area contributed by atoms with Crippen molar-refractivity contribution >= 4 is 17.7 Å². The van der Waals surface area contributed by atoms with Crippen molar-refractivity contribution in [3.8, 4) is 0 Å². The van der Waals surface area contributed by atoms with Gasteiger partial charge in [0.15, 0.2) is 0 Å². The van der Waals surface area contributed by atoms with Crippen LogP contribution >= 0.6 is 11.8 Å². The molecule has 0 spiro atoms. The zero-order chi connectivity index (χ0) is 12.7. The molecule has 0 aromatic rings. The van der Waals surface area contributed by atoms with Crippen LogP contribution in [0.4, 0.5) is 0 Å². The first kappa shape index (κ1) is 14.8. The molecule has 3 N–H and O–H groups in total. The highest BCUT2D eigenvalue weighted by atomic mass is 32.2. The van der Waals surface area contributed by atoms with Crippen LogP contribution in [0.15, 0.2) is 0 Å². The SMILES string of the molecule is CCCC(CN)C(=O)NCC1(SC)CCCC1. The summed E-state index contributed by atoms with van der Waals surface area (Å²) in [6.07, 6.45) is 9.13. The predicted octanol–water partition coefficient (Wildman–Crippen LogP) is 2.15. The first-order valence-electron chi connectivity index (χ1n) is 6.70. The number of hydrogen-bond donors (Lipinski definition) is 2. The maximum absolute atomic E-state index is 12.0. The number of nitrogens with one attached hydrogen (secondary N) is 1. The molecule has 0 heterocycles. The van der Waals surface area contributed by atoms with Crippen LogP contribution in [-0.4, -0.2) is 30.0 Å². The van der Waals surface area contributed by atoms with Crippen molar-refractivity contribution in [2.75, 3.05) is 19.3 Å². The number of hydrogen-bond acceptors (Lipinski definition) is 3. The zero-order valence-corrected chi connectivity index (χ0v) is 11.9. The quantitative estimate of drug-likeness (QED) is 0.736. The van der Waals surface area contributed by atoms with Gasteiger partial charge in [-0.2, -0.15) is 11.8 Å². The second kappa shape index (κ2) is 7.27. The molecule has 1 saturated carbocycles. The Labute approximate surface area is 109 Å². The molecule has 4 heteroatoms. The van der Waals surface area contributed by atoms with E-state index in [1.807, 2.05) is 11.8 Å². The normalized spacial score (nSPS) is 20.2. The van der Waals surface area contributed by atoms with Gasteiger partial charge in [-0.05, 0) is 25.5 Å². The Hall–Kier alpha value is -0.220. The van der Waals surface area contributed by atoms with Gasteiger partial charge < -0.3 is 11.1 Å². The van der Waals surface area contributed by atoms with Crippen LogP contribution in [-0.2, 0) is 4.79 Å². The molecule has 0 bridgehead atoms. The molecule has 0 aromatic carbocycles. The van der Waals surface area contributed by atoms with Crippen LogP contribution in [0.3, 0.4) is 0 Å². The van der Waals surface area contributed by atoms with Gasteiger partial charge in [0.25, 0.3) is 0 Å². The molecule has 1 aliphatic rings.